The highest BCUT2D eigenvalue weighted by Crippen LogP contribution is 2.33. The molecule has 1 saturated heterocycles. The van der Waals surface area contributed by atoms with Crippen LogP contribution >= 0.6 is 0 Å². The Bertz CT molecular complexity index is 407. The Kier molecular flexibility index (Phi) is 4.23. The summed E-state index contributed by atoms with van der Waals surface area (Å²) in [4.78, 5) is 2.44. The molecule has 3 heteroatoms. The van der Waals surface area contributed by atoms with Gasteiger partial charge in [0, 0.05) is 23.7 Å². The van der Waals surface area contributed by atoms with E-state index in [4.69, 9.17) is 0 Å². The molecule has 2 rings (SSSR count). The molecule has 2 nitrogen and oxygen atoms in total. The SMILES string of the molecule is CCC1CCCCN1C(C)c1ccc(F)cc1O. The van der Waals surface area contributed by atoms with E-state index in [1.54, 1.807) is 6.07 Å². The van der Waals surface area contributed by atoms with Crippen LogP contribution in [0.5, 0.6) is 5.75 Å². The molecule has 0 saturated carbocycles. The van der Waals surface area contributed by atoms with Gasteiger partial charge in [0.1, 0.15) is 11.6 Å². The molecule has 0 aliphatic carbocycles. The van der Waals surface area contributed by atoms with Crippen LogP contribution in [0.25, 0.3) is 0 Å². The largest absolute Gasteiger partial charge is 0.508 e. The zero-order valence-corrected chi connectivity index (χ0v) is 11.2. The van der Waals surface area contributed by atoms with Gasteiger partial charge in [-0.05, 0) is 38.8 Å². The summed E-state index contributed by atoms with van der Waals surface area (Å²) in [7, 11) is 0. The van der Waals surface area contributed by atoms with Crippen molar-refractivity contribution in [3.05, 3.63) is 29.6 Å². The molecule has 0 bridgehead atoms. The lowest BCUT2D eigenvalue weighted by Crippen LogP contribution is -2.40. The lowest BCUT2D eigenvalue weighted by atomic mass is 9.95. The van der Waals surface area contributed by atoms with Crippen LogP contribution < -0.4 is 0 Å². The monoisotopic (exact) mass is 251 g/mol. The normalized spacial score (nSPS) is 22.9. The average Bonchev–Trinajstić information content (AvgIpc) is 2.38. The van der Waals surface area contributed by atoms with Crippen LogP contribution in [0.2, 0.25) is 0 Å². The number of nitrogens with zero attached hydrogens (tertiary/aromatic N) is 1. The molecule has 0 radical (unpaired) electrons. The maximum atomic E-state index is 13.0. The van der Waals surface area contributed by atoms with Crippen molar-refractivity contribution in [1.82, 2.24) is 4.90 Å². The summed E-state index contributed by atoms with van der Waals surface area (Å²) in [5.74, 6) is -0.308. The second-order valence-electron chi connectivity index (χ2n) is 5.17. The molecule has 1 aromatic carbocycles. The van der Waals surface area contributed by atoms with Crippen molar-refractivity contribution in [3.8, 4) is 5.75 Å². The van der Waals surface area contributed by atoms with Crippen molar-refractivity contribution >= 4 is 0 Å². The molecule has 18 heavy (non-hydrogen) atoms. The first-order valence-corrected chi connectivity index (χ1v) is 6.87. The zero-order chi connectivity index (χ0) is 13.1. The summed E-state index contributed by atoms with van der Waals surface area (Å²) in [5, 5.41) is 9.88. The van der Waals surface area contributed by atoms with Crippen LogP contribution in [0.15, 0.2) is 18.2 Å². The molecule has 1 aliphatic rings. The Balaban J connectivity index is 2.20. The molecule has 0 spiro atoms. The summed E-state index contributed by atoms with van der Waals surface area (Å²) in [6.07, 6.45) is 4.86. The Hall–Kier alpha value is -1.09. The standard InChI is InChI=1S/C15H22FNO/c1-3-13-6-4-5-9-17(13)11(2)14-8-7-12(16)10-15(14)18/h7-8,10-11,13,18H,3-6,9H2,1-2H3. The van der Waals surface area contributed by atoms with Crippen molar-refractivity contribution in [3.63, 3.8) is 0 Å². The van der Waals surface area contributed by atoms with Crippen molar-refractivity contribution < 1.29 is 9.50 Å². The van der Waals surface area contributed by atoms with Crippen molar-refractivity contribution in [1.29, 1.82) is 0 Å². The molecule has 1 aliphatic heterocycles. The average molecular weight is 251 g/mol. The second-order valence-corrected chi connectivity index (χ2v) is 5.17. The summed E-state index contributed by atoms with van der Waals surface area (Å²) >= 11 is 0. The predicted molar refractivity (Wildman–Crippen MR) is 71.1 cm³/mol. The third-order valence-corrected chi connectivity index (χ3v) is 4.08. The van der Waals surface area contributed by atoms with Crippen LogP contribution in [0, 0.1) is 5.82 Å². The lowest BCUT2D eigenvalue weighted by molar-refractivity contribution is 0.0987. The summed E-state index contributed by atoms with van der Waals surface area (Å²) in [6.45, 7) is 5.37. The number of piperidine rings is 1. The van der Waals surface area contributed by atoms with Crippen LogP contribution in [0.1, 0.15) is 51.1 Å². The number of phenols is 1. The minimum absolute atomic E-state index is 0.0722. The van der Waals surface area contributed by atoms with E-state index in [2.05, 4.69) is 18.7 Å². The van der Waals surface area contributed by atoms with Gasteiger partial charge >= 0.3 is 0 Å². The highest BCUT2D eigenvalue weighted by Gasteiger charge is 2.27. The summed E-state index contributed by atoms with van der Waals surface area (Å²) in [6, 6.07) is 5.07. The number of rotatable bonds is 3. The van der Waals surface area contributed by atoms with Gasteiger partial charge in [-0.3, -0.25) is 4.90 Å². The van der Waals surface area contributed by atoms with Crippen LogP contribution in [0.4, 0.5) is 4.39 Å². The molecule has 0 amide bonds. The smallest absolute Gasteiger partial charge is 0.126 e. The Morgan fingerprint density at radius 2 is 2.22 bits per heavy atom. The number of halogens is 1. The molecule has 1 heterocycles. The maximum Gasteiger partial charge on any atom is 0.126 e. The summed E-state index contributed by atoms with van der Waals surface area (Å²) in [5.41, 5.74) is 0.830. The lowest BCUT2D eigenvalue weighted by Gasteiger charge is -2.39. The fraction of sp³-hybridized carbons (Fsp3) is 0.600. The summed E-state index contributed by atoms with van der Waals surface area (Å²) < 4.78 is 13.0. The third kappa shape index (κ3) is 2.66. The molecule has 2 unspecified atom stereocenters. The van der Waals surface area contributed by atoms with E-state index in [1.807, 2.05) is 0 Å². The van der Waals surface area contributed by atoms with Gasteiger partial charge in [0.25, 0.3) is 0 Å². The first-order chi connectivity index (χ1) is 8.63. The molecule has 1 N–H and O–H groups in total. The van der Waals surface area contributed by atoms with Crippen LogP contribution in [0.3, 0.4) is 0 Å². The fourth-order valence-electron chi connectivity index (χ4n) is 3.02. The number of hydrogen-bond donors (Lipinski definition) is 1. The van der Waals surface area contributed by atoms with Gasteiger partial charge < -0.3 is 5.11 Å². The number of likely N-dealkylation sites (tertiary alicyclic amines) is 1. The predicted octanol–water partition coefficient (Wildman–Crippen LogP) is 3.86. The van der Waals surface area contributed by atoms with E-state index in [0.717, 1.165) is 18.5 Å². The fourth-order valence-corrected chi connectivity index (χ4v) is 3.02. The number of benzene rings is 1. The first kappa shape index (κ1) is 13.3. The molecule has 2 atom stereocenters. The van der Waals surface area contributed by atoms with Gasteiger partial charge in [0.15, 0.2) is 0 Å². The first-order valence-electron chi connectivity index (χ1n) is 6.87. The van der Waals surface area contributed by atoms with Crippen molar-refractivity contribution in [2.45, 2.75) is 51.6 Å². The maximum absolute atomic E-state index is 13.0. The van der Waals surface area contributed by atoms with Gasteiger partial charge in [-0.15, -0.1) is 0 Å². The van der Waals surface area contributed by atoms with Crippen molar-refractivity contribution in [2.24, 2.45) is 0 Å². The van der Waals surface area contributed by atoms with Crippen molar-refractivity contribution in [2.75, 3.05) is 6.54 Å². The molecule has 0 aromatic heterocycles. The highest BCUT2D eigenvalue weighted by atomic mass is 19.1. The van der Waals surface area contributed by atoms with E-state index < -0.39 is 0 Å². The van der Waals surface area contributed by atoms with Gasteiger partial charge in [0.05, 0.1) is 0 Å². The molecule has 100 valence electrons. The Morgan fingerprint density at radius 3 is 2.89 bits per heavy atom. The van der Waals surface area contributed by atoms with E-state index in [0.29, 0.717) is 6.04 Å². The minimum atomic E-state index is -0.380. The number of hydrogen-bond acceptors (Lipinski definition) is 2. The molecular weight excluding hydrogens is 229 g/mol. The Morgan fingerprint density at radius 1 is 1.44 bits per heavy atom. The van der Waals surface area contributed by atoms with E-state index in [1.165, 1.54) is 31.4 Å². The van der Waals surface area contributed by atoms with Gasteiger partial charge in [-0.1, -0.05) is 19.4 Å². The minimum Gasteiger partial charge on any atom is -0.508 e. The number of phenolic OH excluding ortho intramolecular Hbond substituents is 1. The molecular formula is C15H22FNO. The molecule has 1 aromatic rings. The quantitative estimate of drug-likeness (QED) is 0.881. The zero-order valence-electron chi connectivity index (χ0n) is 11.2. The number of aromatic hydroxyl groups is 1. The van der Waals surface area contributed by atoms with E-state index >= 15 is 0 Å². The van der Waals surface area contributed by atoms with Gasteiger partial charge in [-0.25, -0.2) is 4.39 Å². The molecule has 1 fully saturated rings. The topological polar surface area (TPSA) is 23.5 Å². The van der Waals surface area contributed by atoms with E-state index in [-0.39, 0.29) is 17.6 Å². The Labute approximate surface area is 108 Å². The van der Waals surface area contributed by atoms with E-state index in [9.17, 15) is 9.50 Å². The second kappa shape index (κ2) is 5.70. The van der Waals surface area contributed by atoms with Crippen LogP contribution in [-0.2, 0) is 0 Å². The highest BCUT2D eigenvalue weighted by molar-refractivity contribution is 5.35. The van der Waals surface area contributed by atoms with Gasteiger partial charge in [0.2, 0.25) is 0 Å². The van der Waals surface area contributed by atoms with Gasteiger partial charge in [-0.2, -0.15) is 0 Å². The third-order valence-electron chi connectivity index (χ3n) is 4.08. The van der Waals surface area contributed by atoms with Crippen LogP contribution in [-0.4, -0.2) is 22.6 Å².